The van der Waals surface area contributed by atoms with Gasteiger partial charge in [-0.25, -0.2) is 0 Å². The van der Waals surface area contributed by atoms with E-state index in [1.54, 1.807) is 0 Å². The highest BCUT2D eigenvalue weighted by atomic mass is 16.5. The second-order valence-corrected chi connectivity index (χ2v) is 5.92. The van der Waals surface area contributed by atoms with E-state index < -0.39 is 0 Å². The van der Waals surface area contributed by atoms with Crippen molar-refractivity contribution >= 4 is 0 Å². The van der Waals surface area contributed by atoms with Crippen LogP contribution in [0.4, 0.5) is 0 Å². The third-order valence-electron chi connectivity index (χ3n) is 3.77. The van der Waals surface area contributed by atoms with Crippen LogP contribution in [0.25, 0.3) is 0 Å². The van der Waals surface area contributed by atoms with Gasteiger partial charge in [0, 0.05) is 25.2 Å². The van der Waals surface area contributed by atoms with Crippen LogP contribution < -0.4 is 5.32 Å². The van der Waals surface area contributed by atoms with Gasteiger partial charge in [0.2, 0.25) is 0 Å². The molecular weight excluding hydrogens is 212 g/mol. The van der Waals surface area contributed by atoms with Crippen molar-refractivity contribution in [2.45, 2.75) is 45.7 Å². The van der Waals surface area contributed by atoms with Gasteiger partial charge in [-0.2, -0.15) is 0 Å². The van der Waals surface area contributed by atoms with E-state index in [-0.39, 0.29) is 0 Å². The highest BCUT2D eigenvalue weighted by molar-refractivity contribution is 4.84. The largest absolute Gasteiger partial charge is 0.381 e. The summed E-state index contributed by atoms with van der Waals surface area (Å²) >= 11 is 0. The molecule has 1 heterocycles. The highest BCUT2D eigenvalue weighted by Gasteiger charge is 2.27. The van der Waals surface area contributed by atoms with Crippen LogP contribution >= 0.6 is 0 Å². The summed E-state index contributed by atoms with van der Waals surface area (Å²) in [4.78, 5) is 2.27. The Morgan fingerprint density at radius 3 is 2.47 bits per heavy atom. The lowest BCUT2D eigenvalue weighted by Gasteiger charge is -2.32. The first-order valence-electron chi connectivity index (χ1n) is 7.03. The fourth-order valence-electron chi connectivity index (χ4n) is 2.58. The third kappa shape index (κ3) is 4.94. The molecule has 3 heteroatoms. The van der Waals surface area contributed by atoms with Gasteiger partial charge >= 0.3 is 0 Å². The fraction of sp³-hybridized carbons (Fsp3) is 1.00. The predicted octanol–water partition coefficient (Wildman–Crippen LogP) is 1.98. The fourth-order valence-corrected chi connectivity index (χ4v) is 2.58. The molecule has 0 amide bonds. The monoisotopic (exact) mass is 242 g/mol. The van der Waals surface area contributed by atoms with E-state index in [1.165, 1.54) is 12.8 Å². The van der Waals surface area contributed by atoms with Crippen LogP contribution in [0.3, 0.4) is 0 Å². The Balaban J connectivity index is 2.50. The van der Waals surface area contributed by atoms with Crippen molar-refractivity contribution in [1.29, 1.82) is 0 Å². The first-order chi connectivity index (χ1) is 8.04. The molecule has 0 aromatic carbocycles. The molecule has 1 saturated heterocycles. The molecule has 0 spiro atoms. The minimum Gasteiger partial charge on any atom is -0.381 e. The quantitative estimate of drug-likeness (QED) is 0.739. The van der Waals surface area contributed by atoms with Crippen LogP contribution in [0, 0.1) is 11.8 Å². The summed E-state index contributed by atoms with van der Waals surface area (Å²) in [6, 6.07) is 1.19. The van der Waals surface area contributed by atoms with Crippen LogP contribution in [0.2, 0.25) is 0 Å². The van der Waals surface area contributed by atoms with Crippen molar-refractivity contribution in [3.63, 3.8) is 0 Å². The predicted molar refractivity (Wildman–Crippen MR) is 73.3 cm³/mol. The van der Waals surface area contributed by atoms with Gasteiger partial charge in [0.15, 0.2) is 0 Å². The molecule has 3 nitrogen and oxygen atoms in total. The molecule has 17 heavy (non-hydrogen) atoms. The van der Waals surface area contributed by atoms with Gasteiger partial charge in [-0.05, 0) is 38.8 Å². The Bertz CT molecular complexity index is 200. The van der Waals surface area contributed by atoms with Crippen molar-refractivity contribution in [3.05, 3.63) is 0 Å². The molecule has 1 N–H and O–H groups in total. The Morgan fingerprint density at radius 1 is 1.35 bits per heavy atom. The zero-order valence-electron chi connectivity index (χ0n) is 12.2. The summed E-state index contributed by atoms with van der Waals surface area (Å²) in [5, 5.41) is 3.85. The SMILES string of the molecule is CCC(NC(CN(C)C)C(C)C)C1CCOC1. The molecular formula is C14H30N2O. The van der Waals surface area contributed by atoms with Crippen molar-refractivity contribution in [3.8, 4) is 0 Å². The molecule has 1 fully saturated rings. The molecule has 1 aliphatic heterocycles. The number of hydrogen-bond donors (Lipinski definition) is 1. The van der Waals surface area contributed by atoms with Crippen molar-refractivity contribution in [1.82, 2.24) is 10.2 Å². The molecule has 0 saturated carbocycles. The van der Waals surface area contributed by atoms with E-state index in [1.807, 2.05) is 0 Å². The number of nitrogens with zero attached hydrogens (tertiary/aromatic N) is 1. The second kappa shape index (κ2) is 7.34. The molecule has 3 atom stereocenters. The van der Waals surface area contributed by atoms with E-state index in [0.29, 0.717) is 23.9 Å². The van der Waals surface area contributed by atoms with E-state index in [0.717, 1.165) is 19.8 Å². The minimum atomic E-state index is 0.579. The van der Waals surface area contributed by atoms with Crippen LogP contribution in [-0.2, 0) is 4.74 Å². The Hall–Kier alpha value is -0.120. The average Bonchev–Trinajstić information content (AvgIpc) is 2.76. The minimum absolute atomic E-state index is 0.579. The summed E-state index contributed by atoms with van der Waals surface area (Å²) in [6.45, 7) is 9.89. The maximum atomic E-state index is 5.51. The molecule has 1 rings (SSSR count). The molecule has 102 valence electrons. The number of ether oxygens (including phenoxy) is 1. The zero-order valence-corrected chi connectivity index (χ0v) is 12.2. The van der Waals surface area contributed by atoms with Crippen molar-refractivity contribution in [2.75, 3.05) is 33.9 Å². The summed E-state index contributed by atoms with van der Waals surface area (Å²) in [7, 11) is 4.30. The summed E-state index contributed by atoms with van der Waals surface area (Å²) in [5.74, 6) is 1.39. The Morgan fingerprint density at radius 2 is 2.06 bits per heavy atom. The lowest BCUT2D eigenvalue weighted by atomic mass is 9.94. The van der Waals surface area contributed by atoms with Crippen LogP contribution in [0.1, 0.15) is 33.6 Å². The first-order valence-corrected chi connectivity index (χ1v) is 7.03. The first kappa shape index (κ1) is 14.9. The normalized spacial score (nSPS) is 24.5. The summed E-state index contributed by atoms with van der Waals surface area (Å²) in [6.07, 6.45) is 2.42. The van der Waals surface area contributed by atoms with E-state index in [9.17, 15) is 0 Å². The summed E-state index contributed by atoms with van der Waals surface area (Å²) < 4.78 is 5.51. The molecule has 0 aromatic rings. The Kier molecular flexibility index (Phi) is 6.45. The average molecular weight is 242 g/mol. The number of rotatable bonds is 7. The topological polar surface area (TPSA) is 24.5 Å². The van der Waals surface area contributed by atoms with Gasteiger partial charge in [-0.1, -0.05) is 20.8 Å². The maximum Gasteiger partial charge on any atom is 0.0510 e. The summed E-state index contributed by atoms with van der Waals surface area (Å²) in [5.41, 5.74) is 0. The standard InChI is InChI=1S/C14H30N2O/c1-6-13(12-7-8-17-10-12)15-14(11(2)3)9-16(4)5/h11-15H,6-10H2,1-5H3. The number of hydrogen-bond acceptors (Lipinski definition) is 3. The van der Waals surface area contributed by atoms with Crippen molar-refractivity contribution < 1.29 is 4.74 Å². The Labute approximate surface area is 107 Å². The molecule has 0 radical (unpaired) electrons. The van der Waals surface area contributed by atoms with Gasteiger partial charge in [0.1, 0.15) is 0 Å². The number of nitrogens with one attached hydrogen (secondary N) is 1. The third-order valence-corrected chi connectivity index (χ3v) is 3.77. The van der Waals surface area contributed by atoms with Gasteiger partial charge in [0.25, 0.3) is 0 Å². The molecule has 1 aliphatic rings. The van der Waals surface area contributed by atoms with E-state index in [2.05, 4.69) is 45.1 Å². The lowest BCUT2D eigenvalue weighted by Crippen LogP contribution is -2.49. The number of likely N-dealkylation sites (N-methyl/N-ethyl adjacent to an activating group) is 1. The van der Waals surface area contributed by atoms with Gasteiger partial charge in [0.05, 0.1) is 6.61 Å². The highest BCUT2D eigenvalue weighted by Crippen LogP contribution is 2.20. The maximum absolute atomic E-state index is 5.51. The van der Waals surface area contributed by atoms with Gasteiger partial charge < -0.3 is 15.0 Å². The van der Waals surface area contributed by atoms with E-state index >= 15 is 0 Å². The second-order valence-electron chi connectivity index (χ2n) is 5.92. The molecule has 3 unspecified atom stereocenters. The molecule has 0 aromatic heterocycles. The van der Waals surface area contributed by atoms with Crippen molar-refractivity contribution in [2.24, 2.45) is 11.8 Å². The lowest BCUT2D eigenvalue weighted by molar-refractivity contribution is 0.167. The van der Waals surface area contributed by atoms with Crippen LogP contribution in [-0.4, -0.2) is 50.8 Å². The van der Waals surface area contributed by atoms with Crippen LogP contribution in [0.15, 0.2) is 0 Å². The smallest absolute Gasteiger partial charge is 0.0510 e. The van der Waals surface area contributed by atoms with Crippen LogP contribution in [0.5, 0.6) is 0 Å². The van der Waals surface area contributed by atoms with E-state index in [4.69, 9.17) is 4.74 Å². The molecule has 0 aliphatic carbocycles. The zero-order chi connectivity index (χ0) is 12.8. The van der Waals surface area contributed by atoms with Gasteiger partial charge in [-0.3, -0.25) is 0 Å². The van der Waals surface area contributed by atoms with Gasteiger partial charge in [-0.15, -0.1) is 0 Å². The molecule has 0 bridgehead atoms.